The lowest BCUT2D eigenvalue weighted by Crippen LogP contribution is -2.30. The van der Waals surface area contributed by atoms with Gasteiger partial charge >= 0.3 is 0 Å². The van der Waals surface area contributed by atoms with E-state index in [1.807, 2.05) is 48.5 Å². The smallest absolute Gasteiger partial charge is 0.252 e. The number of nitrogens with one attached hydrogen (secondary N) is 1. The predicted molar refractivity (Wildman–Crippen MR) is 93.5 cm³/mol. The first-order valence-corrected chi connectivity index (χ1v) is 8.41. The molecule has 0 unspecified atom stereocenters. The molecule has 0 spiro atoms. The maximum Gasteiger partial charge on any atom is 0.252 e. The highest BCUT2D eigenvalue weighted by Gasteiger charge is 2.33. The van der Waals surface area contributed by atoms with E-state index in [-0.39, 0.29) is 11.9 Å². The second-order valence-corrected chi connectivity index (χ2v) is 6.92. The van der Waals surface area contributed by atoms with Gasteiger partial charge in [0.15, 0.2) is 0 Å². The summed E-state index contributed by atoms with van der Waals surface area (Å²) in [5.74, 6) is 0.531. The van der Waals surface area contributed by atoms with Crippen molar-refractivity contribution in [2.75, 3.05) is 0 Å². The van der Waals surface area contributed by atoms with Crippen molar-refractivity contribution in [3.05, 3.63) is 68.3 Å². The monoisotopic (exact) mass is 411 g/mol. The molecule has 2 nitrogen and oxygen atoms in total. The van der Waals surface area contributed by atoms with Crippen LogP contribution in [-0.2, 0) is 0 Å². The van der Waals surface area contributed by atoms with E-state index in [0.717, 1.165) is 19.7 Å². The molecule has 1 atom stereocenters. The summed E-state index contributed by atoms with van der Waals surface area (Å²) in [5, 5.41) is 3.90. The third-order valence-corrected chi connectivity index (χ3v) is 4.92. The van der Waals surface area contributed by atoms with Gasteiger partial charge in [-0.25, -0.2) is 0 Å². The summed E-state index contributed by atoms with van der Waals surface area (Å²) in [6, 6.07) is 15.5. The molecule has 108 valence electrons. The molecule has 2 aromatic carbocycles. The number of amides is 1. The average Bonchev–Trinajstić information content (AvgIpc) is 3.31. The van der Waals surface area contributed by atoms with Crippen molar-refractivity contribution in [2.45, 2.75) is 18.9 Å². The first-order chi connectivity index (χ1) is 10.1. The van der Waals surface area contributed by atoms with E-state index in [4.69, 9.17) is 11.6 Å². The summed E-state index contributed by atoms with van der Waals surface area (Å²) >= 11 is 8.14. The highest BCUT2D eigenvalue weighted by molar-refractivity contribution is 14.1. The Balaban J connectivity index is 1.81. The molecule has 2 aromatic rings. The zero-order chi connectivity index (χ0) is 14.8. The molecule has 1 fully saturated rings. The Bertz CT molecular complexity index is 652. The maximum absolute atomic E-state index is 12.5. The lowest BCUT2D eigenvalue weighted by molar-refractivity contribution is 0.0931. The van der Waals surface area contributed by atoms with Crippen molar-refractivity contribution in [3.8, 4) is 0 Å². The first kappa shape index (κ1) is 14.9. The van der Waals surface area contributed by atoms with Gasteiger partial charge in [-0.3, -0.25) is 4.79 Å². The van der Waals surface area contributed by atoms with Crippen LogP contribution in [0.1, 0.15) is 34.8 Å². The minimum Gasteiger partial charge on any atom is -0.345 e. The molecule has 1 saturated carbocycles. The van der Waals surface area contributed by atoms with Gasteiger partial charge in [0.2, 0.25) is 0 Å². The number of hydrogen-bond donors (Lipinski definition) is 1. The zero-order valence-corrected chi connectivity index (χ0v) is 14.3. The average molecular weight is 412 g/mol. The topological polar surface area (TPSA) is 29.1 Å². The Kier molecular flexibility index (Phi) is 4.50. The molecule has 1 N–H and O–H groups in total. The number of benzene rings is 2. The molecule has 4 heteroatoms. The number of rotatable bonds is 4. The van der Waals surface area contributed by atoms with E-state index in [2.05, 4.69) is 27.9 Å². The molecular formula is C17H15ClINO. The van der Waals surface area contributed by atoms with Crippen molar-refractivity contribution in [3.63, 3.8) is 0 Å². The normalized spacial score (nSPS) is 15.5. The number of hydrogen-bond acceptors (Lipinski definition) is 1. The predicted octanol–water partition coefficient (Wildman–Crippen LogP) is 4.83. The van der Waals surface area contributed by atoms with Gasteiger partial charge in [0, 0.05) is 8.59 Å². The van der Waals surface area contributed by atoms with Crippen LogP contribution in [0.25, 0.3) is 0 Å². The minimum absolute atomic E-state index is 0.00755. The molecule has 3 rings (SSSR count). The van der Waals surface area contributed by atoms with Gasteiger partial charge in [0.25, 0.3) is 5.91 Å². The molecule has 0 bridgehead atoms. The number of carbonyl (C=O) groups is 1. The van der Waals surface area contributed by atoms with E-state index < -0.39 is 0 Å². The quantitative estimate of drug-likeness (QED) is 0.718. The van der Waals surface area contributed by atoms with Crippen LogP contribution >= 0.6 is 34.2 Å². The van der Waals surface area contributed by atoms with Gasteiger partial charge in [-0.2, -0.15) is 0 Å². The molecule has 0 saturated heterocycles. The van der Waals surface area contributed by atoms with Crippen molar-refractivity contribution in [2.24, 2.45) is 5.92 Å². The Labute approximate surface area is 143 Å². The zero-order valence-electron chi connectivity index (χ0n) is 11.4. The third-order valence-electron chi connectivity index (χ3n) is 3.73. The summed E-state index contributed by atoms with van der Waals surface area (Å²) in [7, 11) is 0. The van der Waals surface area contributed by atoms with Crippen molar-refractivity contribution in [1.82, 2.24) is 5.32 Å². The van der Waals surface area contributed by atoms with E-state index in [0.29, 0.717) is 5.92 Å². The SMILES string of the molecule is O=C(N[C@@H](c1ccc(Cl)cc1)C1CC1)c1ccccc1I. The molecule has 21 heavy (non-hydrogen) atoms. The van der Waals surface area contributed by atoms with Crippen molar-refractivity contribution < 1.29 is 4.79 Å². The molecular weight excluding hydrogens is 397 g/mol. The fraction of sp³-hybridized carbons (Fsp3) is 0.235. The Morgan fingerprint density at radius 1 is 1.14 bits per heavy atom. The summed E-state index contributed by atoms with van der Waals surface area (Å²) in [4.78, 5) is 12.5. The highest BCUT2D eigenvalue weighted by Crippen LogP contribution is 2.41. The van der Waals surface area contributed by atoms with Crippen LogP contribution in [0.3, 0.4) is 0 Å². The van der Waals surface area contributed by atoms with Crippen LogP contribution in [-0.4, -0.2) is 5.91 Å². The Morgan fingerprint density at radius 2 is 1.81 bits per heavy atom. The number of halogens is 2. The van der Waals surface area contributed by atoms with E-state index in [9.17, 15) is 4.79 Å². The maximum atomic E-state index is 12.5. The van der Waals surface area contributed by atoms with Crippen LogP contribution < -0.4 is 5.32 Å². The van der Waals surface area contributed by atoms with E-state index in [1.165, 1.54) is 12.8 Å². The van der Waals surface area contributed by atoms with Gasteiger partial charge in [0.05, 0.1) is 11.6 Å². The minimum atomic E-state index is -0.00755. The van der Waals surface area contributed by atoms with Crippen molar-refractivity contribution >= 4 is 40.1 Å². The summed E-state index contributed by atoms with van der Waals surface area (Å²) in [6.07, 6.45) is 2.33. The molecule has 0 radical (unpaired) electrons. The second-order valence-electron chi connectivity index (χ2n) is 5.32. The fourth-order valence-electron chi connectivity index (χ4n) is 2.44. The molecule has 1 aliphatic rings. The number of carbonyl (C=O) groups excluding carboxylic acids is 1. The van der Waals surface area contributed by atoms with E-state index >= 15 is 0 Å². The van der Waals surface area contributed by atoms with Crippen molar-refractivity contribution in [1.29, 1.82) is 0 Å². The Morgan fingerprint density at radius 3 is 2.43 bits per heavy atom. The molecule has 0 heterocycles. The summed E-state index contributed by atoms with van der Waals surface area (Å²) < 4.78 is 0.971. The standard InChI is InChI=1S/C17H15ClINO/c18-13-9-7-12(8-10-13)16(11-5-6-11)20-17(21)14-3-1-2-4-15(14)19/h1-4,7-11,16H,5-6H2,(H,20,21)/t16-/m1/s1. The Hall–Kier alpha value is -1.07. The first-order valence-electron chi connectivity index (χ1n) is 6.96. The largest absolute Gasteiger partial charge is 0.345 e. The van der Waals surface area contributed by atoms with Gasteiger partial charge in [-0.1, -0.05) is 35.9 Å². The molecule has 0 aromatic heterocycles. The van der Waals surface area contributed by atoms with Crippen LogP contribution in [0.2, 0.25) is 5.02 Å². The van der Waals surface area contributed by atoms with Gasteiger partial charge in [0.1, 0.15) is 0 Å². The molecule has 1 aliphatic carbocycles. The third kappa shape index (κ3) is 3.58. The molecule has 0 aliphatic heterocycles. The van der Waals surface area contributed by atoms with Gasteiger partial charge in [-0.15, -0.1) is 0 Å². The lowest BCUT2D eigenvalue weighted by atomic mass is 10.0. The van der Waals surface area contributed by atoms with E-state index in [1.54, 1.807) is 0 Å². The van der Waals surface area contributed by atoms with Gasteiger partial charge in [-0.05, 0) is 71.2 Å². The fourth-order valence-corrected chi connectivity index (χ4v) is 3.20. The van der Waals surface area contributed by atoms with Crippen LogP contribution in [0.15, 0.2) is 48.5 Å². The molecule has 1 amide bonds. The second kappa shape index (κ2) is 6.36. The van der Waals surface area contributed by atoms with Crippen LogP contribution in [0, 0.1) is 9.49 Å². The van der Waals surface area contributed by atoms with Crippen LogP contribution in [0.4, 0.5) is 0 Å². The highest BCUT2D eigenvalue weighted by atomic mass is 127. The van der Waals surface area contributed by atoms with Gasteiger partial charge < -0.3 is 5.32 Å². The summed E-state index contributed by atoms with van der Waals surface area (Å²) in [6.45, 7) is 0. The lowest BCUT2D eigenvalue weighted by Gasteiger charge is -2.19. The van der Waals surface area contributed by atoms with Crippen LogP contribution in [0.5, 0.6) is 0 Å². The summed E-state index contributed by atoms with van der Waals surface area (Å²) in [5.41, 5.74) is 1.86.